The van der Waals surface area contributed by atoms with Gasteiger partial charge in [-0.1, -0.05) is 43.0 Å². The Morgan fingerprint density at radius 3 is 2.59 bits per heavy atom. The molecule has 0 aliphatic rings. The average molecular weight is 234 g/mol. The number of carbonyl (C=O) groups is 1. The molecular weight excluding hydrogens is 216 g/mol. The van der Waals surface area contributed by atoms with Gasteiger partial charge in [-0.3, -0.25) is 0 Å². The Balaban J connectivity index is 2.51. The predicted octanol–water partition coefficient (Wildman–Crippen LogP) is 3.35. The van der Waals surface area contributed by atoms with E-state index in [0.29, 0.717) is 6.42 Å². The van der Waals surface area contributed by atoms with Crippen LogP contribution in [-0.4, -0.2) is 18.4 Å². The molecule has 0 N–H and O–H groups in total. The summed E-state index contributed by atoms with van der Waals surface area (Å²) in [6, 6.07) is 9.87. The maximum atomic E-state index is 11.3. The Bertz CT molecular complexity index is 368. The molecule has 92 valence electrons. The van der Waals surface area contributed by atoms with Gasteiger partial charge in [0.1, 0.15) is 12.2 Å². The molecule has 0 bridgehead atoms. The van der Waals surface area contributed by atoms with Crippen LogP contribution in [-0.2, 0) is 15.9 Å². The summed E-state index contributed by atoms with van der Waals surface area (Å²) in [5.41, 5.74) is 0.536. The van der Waals surface area contributed by atoms with E-state index < -0.39 is 11.8 Å². The zero-order valence-electron chi connectivity index (χ0n) is 10.3. The van der Waals surface area contributed by atoms with Crippen LogP contribution in [0.3, 0.4) is 0 Å². The van der Waals surface area contributed by atoms with Gasteiger partial charge in [-0.25, -0.2) is 4.79 Å². The maximum Gasteiger partial charge on any atom is 0.509 e. The van der Waals surface area contributed by atoms with Crippen molar-refractivity contribution >= 4 is 6.16 Å². The summed E-state index contributed by atoms with van der Waals surface area (Å²) in [6.45, 7) is 7.34. The Morgan fingerprint density at radius 1 is 1.35 bits per heavy atom. The van der Waals surface area contributed by atoms with Crippen LogP contribution >= 0.6 is 0 Å². The monoisotopic (exact) mass is 234 g/mol. The first-order valence-electron chi connectivity index (χ1n) is 5.54. The van der Waals surface area contributed by atoms with E-state index in [1.54, 1.807) is 0 Å². The van der Waals surface area contributed by atoms with Crippen molar-refractivity contribution in [3.8, 4) is 0 Å². The third-order valence-electron chi connectivity index (χ3n) is 2.15. The highest BCUT2D eigenvalue weighted by atomic mass is 16.7. The SMILES string of the molecule is C=CCOC(=O)OC(C)(C)Cc1ccccc1. The van der Waals surface area contributed by atoms with Crippen LogP contribution < -0.4 is 0 Å². The van der Waals surface area contributed by atoms with Gasteiger partial charge in [0.2, 0.25) is 0 Å². The minimum atomic E-state index is -0.661. The highest BCUT2D eigenvalue weighted by Crippen LogP contribution is 2.17. The van der Waals surface area contributed by atoms with E-state index >= 15 is 0 Å². The first-order valence-corrected chi connectivity index (χ1v) is 5.54. The normalized spacial score (nSPS) is 10.7. The maximum absolute atomic E-state index is 11.3. The average Bonchev–Trinajstić information content (AvgIpc) is 2.26. The largest absolute Gasteiger partial charge is 0.509 e. The molecule has 0 fully saturated rings. The second-order valence-corrected chi connectivity index (χ2v) is 4.37. The molecule has 0 amide bonds. The van der Waals surface area contributed by atoms with E-state index in [-0.39, 0.29) is 6.61 Å². The molecule has 0 aromatic heterocycles. The fourth-order valence-corrected chi connectivity index (χ4v) is 1.51. The molecule has 1 aromatic rings. The van der Waals surface area contributed by atoms with Gasteiger partial charge in [-0.05, 0) is 19.4 Å². The molecule has 0 atom stereocenters. The molecule has 0 saturated heterocycles. The molecule has 0 heterocycles. The van der Waals surface area contributed by atoms with Crippen LogP contribution in [0.25, 0.3) is 0 Å². The minimum absolute atomic E-state index is 0.167. The second-order valence-electron chi connectivity index (χ2n) is 4.37. The summed E-state index contributed by atoms with van der Waals surface area (Å²) in [4.78, 5) is 11.3. The molecule has 1 rings (SSSR count). The summed E-state index contributed by atoms with van der Waals surface area (Å²) in [5, 5.41) is 0. The van der Waals surface area contributed by atoms with E-state index in [9.17, 15) is 4.79 Å². The highest BCUT2D eigenvalue weighted by Gasteiger charge is 2.24. The first-order chi connectivity index (χ1) is 8.03. The van der Waals surface area contributed by atoms with Crippen LogP contribution in [0.1, 0.15) is 19.4 Å². The van der Waals surface area contributed by atoms with Crippen LogP contribution in [0.4, 0.5) is 4.79 Å². The predicted molar refractivity (Wildman–Crippen MR) is 66.9 cm³/mol. The molecule has 17 heavy (non-hydrogen) atoms. The summed E-state index contributed by atoms with van der Waals surface area (Å²) in [7, 11) is 0. The summed E-state index contributed by atoms with van der Waals surface area (Å²) >= 11 is 0. The van der Waals surface area contributed by atoms with Gasteiger partial charge in [-0.15, -0.1) is 0 Å². The molecule has 0 aliphatic carbocycles. The lowest BCUT2D eigenvalue weighted by Crippen LogP contribution is -2.31. The highest BCUT2D eigenvalue weighted by molar-refractivity contribution is 5.60. The molecule has 1 aromatic carbocycles. The van der Waals surface area contributed by atoms with E-state index in [0.717, 1.165) is 5.56 Å². The van der Waals surface area contributed by atoms with Gasteiger partial charge in [0.25, 0.3) is 0 Å². The Hall–Kier alpha value is -1.77. The van der Waals surface area contributed by atoms with Gasteiger partial charge < -0.3 is 9.47 Å². The molecular formula is C14H18O3. The number of carbonyl (C=O) groups excluding carboxylic acids is 1. The molecule has 0 radical (unpaired) electrons. The van der Waals surface area contributed by atoms with Crippen LogP contribution in [0, 0.1) is 0 Å². The zero-order chi connectivity index (χ0) is 12.7. The Morgan fingerprint density at radius 2 is 2.00 bits per heavy atom. The van der Waals surface area contributed by atoms with Crippen molar-refractivity contribution in [2.45, 2.75) is 25.9 Å². The third kappa shape index (κ3) is 5.20. The molecule has 3 nitrogen and oxygen atoms in total. The lowest BCUT2D eigenvalue weighted by Gasteiger charge is -2.24. The van der Waals surface area contributed by atoms with E-state index in [2.05, 4.69) is 6.58 Å². The first kappa shape index (κ1) is 13.3. The van der Waals surface area contributed by atoms with Gasteiger partial charge >= 0.3 is 6.16 Å². The zero-order valence-corrected chi connectivity index (χ0v) is 10.3. The van der Waals surface area contributed by atoms with Crippen molar-refractivity contribution in [1.29, 1.82) is 0 Å². The fourth-order valence-electron chi connectivity index (χ4n) is 1.51. The van der Waals surface area contributed by atoms with Crippen molar-refractivity contribution in [3.63, 3.8) is 0 Å². The van der Waals surface area contributed by atoms with E-state index in [1.807, 2.05) is 44.2 Å². The van der Waals surface area contributed by atoms with E-state index in [4.69, 9.17) is 9.47 Å². The van der Waals surface area contributed by atoms with Gasteiger partial charge in [-0.2, -0.15) is 0 Å². The number of benzene rings is 1. The lowest BCUT2D eigenvalue weighted by molar-refractivity contribution is -0.0117. The molecule has 0 unspecified atom stereocenters. The quantitative estimate of drug-likeness (QED) is 0.579. The summed E-state index contributed by atoms with van der Waals surface area (Å²) < 4.78 is 10.0. The van der Waals surface area contributed by atoms with Crippen LogP contribution in [0.2, 0.25) is 0 Å². The van der Waals surface area contributed by atoms with Crippen molar-refractivity contribution in [2.75, 3.05) is 6.61 Å². The van der Waals surface area contributed by atoms with Crippen molar-refractivity contribution in [2.24, 2.45) is 0 Å². The number of rotatable bonds is 5. The number of hydrogen-bond donors (Lipinski definition) is 0. The van der Waals surface area contributed by atoms with Gasteiger partial charge in [0, 0.05) is 6.42 Å². The minimum Gasteiger partial charge on any atom is -0.430 e. The van der Waals surface area contributed by atoms with Crippen LogP contribution in [0.15, 0.2) is 43.0 Å². The number of ether oxygens (including phenoxy) is 2. The van der Waals surface area contributed by atoms with Crippen LogP contribution in [0.5, 0.6) is 0 Å². The molecule has 0 saturated carbocycles. The Kier molecular flexibility index (Phi) is 4.76. The topological polar surface area (TPSA) is 35.5 Å². The van der Waals surface area contributed by atoms with Crippen molar-refractivity contribution in [1.82, 2.24) is 0 Å². The molecule has 0 spiro atoms. The number of hydrogen-bond acceptors (Lipinski definition) is 3. The molecule has 3 heteroatoms. The smallest absolute Gasteiger partial charge is 0.430 e. The third-order valence-corrected chi connectivity index (χ3v) is 2.15. The van der Waals surface area contributed by atoms with E-state index in [1.165, 1.54) is 6.08 Å². The van der Waals surface area contributed by atoms with Crippen molar-refractivity contribution in [3.05, 3.63) is 48.6 Å². The standard InChI is InChI=1S/C14H18O3/c1-4-10-16-13(15)17-14(2,3)11-12-8-6-5-7-9-12/h4-9H,1,10-11H2,2-3H3. The van der Waals surface area contributed by atoms with Crippen molar-refractivity contribution < 1.29 is 14.3 Å². The lowest BCUT2D eigenvalue weighted by atomic mass is 9.98. The fraction of sp³-hybridized carbons (Fsp3) is 0.357. The summed E-state index contributed by atoms with van der Waals surface area (Å²) in [6.07, 6.45) is 1.49. The van der Waals surface area contributed by atoms with Gasteiger partial charge in [0.05, 0.1) is 0 Å². The molecule has 0 aliphatic heterocycles. The Labute approximate surface area is 102 Å². The van der Waals surface area contributed by atoms with Gasteiger partial charge in [0.15, 0.2) is 0 Å². The summed E-state index contributed by atoms with van der Waals surface area (Å²) in [5.74, 6) is 0. The second kappa shape index (κ2) is 6.09.